The van der Waals surface area contributed by atoms with Crippen molar-refractivity contribution in [3.63, 3.8) is 0 Å². The van der Waals surface area contributed by atoms with Gasteiger partial charge in [-0.2, -0.15) is 0 Å². The quantitative estimate of drug-likeness (QED) is 0.617. The van der Waals surface area contributed by atoms with Crippen LogP contribution >= 0.6 is 0 Å². The van der Waals surface area contributed by atoms with Crippen molar-refractivity contribution in [3.05, 3.63) is 84.0 Å². The zero-order valence-electron chi connectivity index (χ0n) is 19.6. The molecule has 1 saturated heterocycles. The first-order valence-electron chi connectivity index (χ1n) is 11.3. The molecule has 0 bridgehead atoms. The summed E-state index contributed by atoms with van der Waals surface area (Å²) in [4.78, 5) is 16.9. The number of allylic oxidation sites excluding steroid dienone is 4. The summed E-state index contributed by atoms with van der Waals surface area (Å²) in [6.07, 6.45) is 9.36. The summed E-state index contributed by atoms with van der Waals surface area (Å²) >= 11 is 0. The van der Waals surface area contributed by atoms with E-state index in [1.807, 2.05) is 73.4 Å². The van der Waals surface area contributed by atoms with E-state index in [9.17, 15) is 4.79 Å². The SMILES string of the molecule is C/C=C\C=C/CC.CN1CCN(C(=O)c2ccc3c(c2)OC(C)(c2ccccc2)O3)CC1. The van der Waals surface area contributed by atoms with E-state index in [0.29, 0.717) is 17.1 Å². The standard InChI is InChI=1S/C20H22N2O3.C7H12/c1-20(16-6-4-3-5-7-16)24-17-9-8-15(14-18(17)25-20)19(23)22-12-10-21(2)11-13-22;1-3-5-7-6-4-2/h3-9,14H,10-13H2,1-2H3;3,5-7H,4H2,1-2H3/b;5-3-,7-6-. The Balaban J connectivity index is 0.000000360. The number of hydrogen-bond acceptors (Lipinski definition) is 4. The number of amides is 1. The van der Waals surface area contributed by atoms with Gasteiger partial charge in [0.25, 0.3) is 11.7 Å². The molecule has 0 spiro atoms. The molecule has 1 fully saturated rings. The Bertz CT molecular complexity index is 947. The lowest BCUT2D eigenvalue weighted by atomic mass is 10.1. The number of ether oxygens (including phenoxy) is 2. The Hall–Kier alpha value is -3.05. The Morgan fingerprint density at radius 2 is 1.69 bits per heavy atom. The van der Waals surface area contributed by atoms with Gasteiger partial charge in [-0.15, -0.1) is 0 Å². The molecule has 2 aromatic rings. The second-order valence-electron chi connectivity index (χ2n) is 8.14. The third-order valence-electron chi connectivity index (χ3n) is 5.56. The van der Waals surface area contributed by atoms with Gasteiger partial charge in [0, 0.05) is 44.2 Å². The largest absolute Gasteiger partial charge is 0.445 e. The molecule has 0 saturated carbocycles. The predicted molar refractivity (Wildman–Crippen MR) is 129 cm³/mol. The fourth-order valence-electron chi connectivity index (χ4n) is 3.62. The highest BCUT2D eigenvalue weighted by Crippen LogP contribution is 2.44. The van der Waals surface area contributed by atoms with Gasteiger partial charge < -0.3 is 19.3 Å². The van der Waals surface area contributed by atoms with Crippen molar-refractivity contribution < 1.29 is 14.3 Å². The van der Waals surface area contributed by atoms with E-state index in [-0.39, 0.29) is 5.91 Å². The second-order valence-corrected chi connectivity index (χ2v) is 8.14. The lowest BCUT2D eigenvalue weighted by Crippen LogP contribution is -2.47. The number of piperazine rings is 1. The number of rotatable bonds is 4. The van der Waals surface area contributed by atoms with Crippen molar-refractivity contribution in [1.29, 1.82) is 0 Å². The number of carbonyl (C=O) groups excluding carboxylic acids is 1. The van der Waals surface area contributed by atoms with Crippen LogP contribution in [-0.2, 0) is 5.79 Å². The predicted octanol–water partition coefficient (Wildman–Crippen LogP) is 5.25. The average molecular weight is 435 g/mol. The van der Waals surface area contributed by atoms with Gasteiger partial charge in [0.2, 0.25) is 0 Å². The highest BCUT2D eigenvalue weighted by Gasteiger charge is 2.39. The number of nitrogens with zero attached hydrogens (tertiary/aromatic N) is 2. The highest BCUT2D eigenvalue weighted by molar-refractivity contribution is 5.95. The molecule has 0 aromatic heterocycles. The molecule has 32 heavy (non-hydrogen) atoms. The third-order valence-corrected chi connectivity index (χ3v) is 5.56. The Kier molecular flexibility index (Phi) is 8.12. The van der Waals surface area contributed by atoms with Crippen molar-refractivity contribution >= 4 is 5.91 Å². The first kappa shape index (κ1) is 23.6. The number of benzene rings is 2. The van der Waals surface area contributed by atoms with Crippen molar-refractivity contribution in [2.45, 2.75) is 33.0 Å². The van der Waals surface area contributed by atoms with Crippen LogP contribution in [0.1, 0.15) is 43.1 Å². The normalized spacial score (nSPS) is 20.4. The summed E-state index contributed by atoms with van der Waals surface area (Å²) in [6.45, 7) is 9.35. The summed E-state index contributed by atoms with van der Waals surface area (Å²) in [5.74, 6) is 0.472. The molecular weight excluding hydrogens is 400 g/mol. The number of fused-ring (bicyclic) bond motifs is 1. The van der Waals surface area contributed by atoms with Crippen LogP contribution in [0.3, 0.4) is 0 Å². The van der Waals surface area contributed by atoms with Crippen LogP contribution in [0, 0.1) is 0 Å². The van der Waals surface area contributed by atoms with E-state index in [2.05, 4.69) is 31.0 Å². The fourth-order valence-corrected chi connectivity index (χ4v) is 3.62. The van der Waals surface area contributed by atoms with Gasteiger partial charge in [-0.1, -0.05) is 61.6 Å². The molecule has 2 aliphatic heterocycles. The van der Waals surface area contributed by atoms with Gasteiger partial charge in [0.1, 0.15) is 0 Å². The lowest BCUT2D eigenvalue weighted by Gasteiger charge is -2.32. The van der Waals surface area contributed by atoms with Gasteiger partial charge in [-0.3, -0.25) is 4.79 Å². The van der Waals surface area contributed by atoms with E-state index in [1.165, 1.54) is 0 Å². The molecule has 4 rings (SSSR count). The maximum absolute atomic E-state index is 12.7. The van der Waals surface area contributed by atoms with Gasteiger partial charge in [-0.05, 0) is 38.6 Å². The molecule has 2 heterocycles. The highest BCUT2D eigenvalue weighted by atomic mass is 16.7. The number of hydrogen-bond donors (Lipinski definition) is 0. The van der Waals surface area contributed by atoms with Crippen LogP contribution < -0.4 is 9.47 Å². The molecule has 1 atom stereocenters. The average Bonchev–Trinajstić information content (AvgIpc) is 3.17. The van der Waals surface area contributed by atoms with Crippen molar-refractivity contribution in [2.24, 2.45) is 0 Å². The van der Waals surface area contributed by atoms with E-state index < -0.39 is 5.79 Å². The molecule has 0 aliphatic carbocycles. The molecule has 1 unspecified atom stereocenters. The minimum Gasteiger partial charge on any atom is -0.445 e. The molecule has 2 aliphatic rings. The summed E-state index contributed by atoms with van der Waals surface area (Å²) in [6, 6.07) is 15.3. The van der Waals surface area contributed by atoms with Crippen molar-refractivity contribution in [2.75, 3.05) is 33.2 Å². The maximum Gasteiger partial charge on any atom is 0.275 e. The van der Waals surface area contributed by atoms with Gasteiger partial charge in [0.05, 0.1) is 0 Å². The first-order chi connectivity index (χ1) is 15.5. The summed E-state index contributed by atoms with van der Waals surface area (Å²) in [5, 5.41) is 0. The van der Waals surface area contributed by atoms with E-state index in [1.54, 1.807) is 6.07 Å². The minimum atomic E-state index is -0.862. The van der Waals surface area contributed by atoms with Crippen molar-refractivity contribution in [1.82, 2.24) is 9.80 Å². The zero-order chi connectivity index (χ0) is 23.0. The monoisotopic (exact) mass is 434 g/mol. The second kappa shape index (κ2) is 11.0. The summed E-state index contributed by atoms with van der Waals surface area (Å²) in [5.41, 5.74) is 1.59. The van der Waals surface area contributed by atoms with Gasteiger partial charge in [0.15, 0.2) is 11.5 Å². The molecule has 0 N–H and O–H groups in total. The van der Waals surface area contributed by atoms with E-state index >= 15 is 0 Å². The van der Waals surface area contributed by atoms with Crippen LogP contribution in [-0.4, -0.2) is 48.9 Å². The molecule has 5 heteroatoms. The first-order valence-corrected chi connectivity index (χ1v) is 11.3. The topological polar surface area (TPSA) is 42.0 Å². The van der Waals surface area contributed by atoms with Gasteiger partial charge in [-0.25, -0.2) is 0 Å². The Morgan fingerprint density at radius 3 is 2.34 bits per heavy atom. The van der Waals surface area contributed by atoms with Crippen LogP contribution in [0.4, 0.5) is 0 Å². The molecule has 5 nitrogen and oxygen atoms in total. The van der Waals surface area contributed by atoms with E-state index in [4.69, 9.17) is 9.47 Å². The van der Waals surface area contributed by atoms with Crippen LogP contribution in [0.5, 0.6) is 11.5 Å². The molecular formula is C27H34N2O3. The summed E-state index contributed by atoms with van der Waals surface area (Å²) in [7, 11) is 2.08. The number of likely N-dealkylation sites (N-methyl/N-ethyl adjacent to an activating group) is 1. The zero-order valence-corrected chi connectivity index (χ0v) is 19.6. The Morgan fingerprint density at radius 1 is 1.00 bits per heavy atom. The van der Waals surface area contributed by atoms with Gasteiger partial charge >= 0.3 is 0 Å². The fraction of sp³-hybridized carbons (Fsp3) is 0.370. The third kappa shape index (κ3) is 5.80. The molecule has 1 amide bonds. The van der Waals surface area contributed by atoms with Crippen LogP contribution in [0.2, 0.25) is 0 Å². The lowest BCUT2D eigenvalue weighted by molar-refractivity contribution is -0.0680. The van der Waals surface area contributed by atoms with Crippen LogP contribution in [0.15, 0.2) is 72.8 Å². The van der Waals surface area contributed by atoms with E-state index in [0.717, 1.165) is 38.2 Å². The van der Waals surface area contributed by atoms with Crippen LogP contribution in [0.25, 0.3) is 0 Å². The molecule has 0 radical (unpaired) electrons. The Labute approximate surface area is 191 Å². The molecule has 2 aromatic carbocycles. The minimum absolute atomic E-state index is 0.0489. The maximum atomic E-state index is 12.7. The number of carbonyl (C=O) groups is 1. The van der Waals surface area contributed by atoms with Crippen molar-refractivity contribution in [3.8, 4) is 11.5 Å². The smallest absolute Gasteiger partial charge is 0.275 e. The summed E-state index contributed by atoms with van der Waals surface area (Å²) < 4.78 is 12.1. The molecule has 170 valence electrons.